The molecule has 3 nitrogen and oxygen atoms in total. The average molecular weight is 195 g/mol. The summed E-state index contributed by atoms with van der Waals surface area (Å²) >= 11 is 0. The zero-order valence-corrected chi connectivity index (χ0v) is 7.40. The van der Waals surface area contributed by atoms with Crippen molar-refractivity contribution in [1.82, 2.24) is 0 Å². The normalized spacial score (nSPS) is 30.0. The first-order valence-electron chi connectivity index (χ1n) is 4.32. The molecule has 1 saturated carbocycles. The van der Waals surface area contributed by atoms with E-state index in [9.17, 15) is 9.18 Å². The molecule has 74 valence electrons. The van der Waals surface area contributed by atoms with Crippen LogP contribution in [0.4, 0.5) is 4.39 Å². The summed E-state index contributed by atoms with van der Waals surface area (Å²) < 4.78 is 12.6. The third kappa shape index (κ3) is 1.28. The molecule has 3 N–H and O–H groups in total. The minimum atomic E-state index is -1.14. The molecular formula is C10H10FNO2. The van der Waals surface area contributed by atoms with Crippen LogP contribution in [0.25, 0.3) is 0 Å². The van der Waals surface area contributed by atoms with Crippen LogP contribution in [0.15, 0.2) is 24.3 Å². The molecule has 2 rings (SSSR count). The number of carbonyl (C=O) groups is 1. The minimum absolute atomic E-state index is 0.180. The molecule has 4 heteroatoms. The molecule has 0 radical (unpaired) electrons. The van der Waals surface area contributed by atoms with E-state index in [1.165, 1.54) is 12.1 Å². The van der Waals surface area contributed by atoms with Crippen LogP contribution in [0.5, 0.6) is 0 Å². The van der Waals surface area contributed by atoms with E-state index in [4.69, 9.17) is 10.8 Å². The van der Waals surface area contributed by atoms with Crippen molar-refractivity contribution in [2.24, 2.45) is 5.73 Å². The maximum Gasteiger partial charge on any atom is 0.324 e. The molecular weight excluding hydrogens is 185 g/mol. The van der Waals surface area contributed by atoms with Crippen LogP contribution in [-0.2, 0) is 4.79 Å². The Balaban J connectivity index is 2.21. The number of benzene rings is 1. The summed E-state index contributed by atoms with van der Waals surface area (Å²) in [5.41, 5.74) is 5.26. The quantitative estimate of drug-likeness (QED) is 0.742. The molecule has 0 bridgehead atoms. The second kappa shape index (κ2) is 2.78. The SMILES string of the molecule is N[C@@]1(C(=O)O)C[C@H]1c1ccc(F)cc1. The number of carboxylic acid groups (broad SMARTS) is 1. The maximum absolute atomic E-state index is 12.6. The van der Waals surface area contributed by atoms with E-state index in [-0.39, 0.29) is 11.7 Å². The van der Waals surface area contributed by atoms with E-state index >= 15 is 0 Å². The van der Waals surface area contributed by atoms with Crippen LogP contribution >= 0.6 is 0 Å². The third-order valence-electron chi connectivity index (χ3n) is 2.67. The summed E-state index contributed by atoms with van der Waals surface area (Å²) in [4.78, 5) is 10.7. The van der Waals surface area contributed by atoms with Crippen LogP contribution in [0.1, 0.15) is 17.9 Å². The first kappa shape index (κ1) is 9.15. The molecule has 1 fully saturated rings. The topological polar surface area (TPSA) is 63.3 Å². The van der Waals surface area contributed by atoms with E-state index in [0.717, 1.165) is 5.56 Å². The van der Waals surface area contributed by atoms with Crippen LogP contribution < -0.4 is 5.73 Å². The zero-order valence-electron chi connectivity index (χ0n) is 7.40. The van der Waals surface area contributed by atoms with Gasteiger partial charge in [-0.15, -0.1) is 0 Å². The van der Waals surface area contributed by atoms with Crippen molar-refractivity contribution < 1.29 is 14.3 Å². The van der Waals surface area contributed by atoms with Gasteiger partial charge in [-0.1, -0.05) is 12.1 Å². The van der Waals surface area contributed by atoms with Crippen molar-refractivity contribution in [3.05, 3.63) is 35.6 Å². The van der Waals surface area contributed by atoms with Gasteiger partial charge in [0, 0.05) is 5.92 Å². The predicted molar refractivity (Wildman–Crippen MR) is 48.3 cm³/mol. The predicted octanol–water partition coefficient (Wildman–Crippen LogP) is 1.10. The summed E-state index contributed by atoms with van der Waals surface area (Å²) in [6.07, 6.45) is 0.425. The Morgan fingerprint density at radius 2 is 2.07 bits per heavy atom. The number of halogens is 1. The molecule has 0 aliphatic heterocycles. The summed E-state index contributed by atoms with van der Waals surface area (Å²) in [5.74, 6) is -1.50. The van der Waals surface area contributed by atoms with Crippen molar-refractivity contribution in [3.8, 4) is 0 Å². The smallest absolute Gasteiger partial charge is 0.324 e. The van der Waals surface area contributed by atoms with E-state index in [2.05, 4.69) is 0 Å². The highest BCUT2D eigenvalue weighted by Crippen LogP contribution is 2.49. The molecule has 1 aromatic carbocycles. The molecule has 0 amide bonds. The van der Waals surface area contributed by atoms with Crippen LogP contribution in [0, 0.1) is 5.82 Å². The molecule has 0 spiro atoms. The lowest BCUT2D eigenvalue weighted by Crippen LogP contribution is -2.34. The van der Waals surface area contributed by atoms with Gasteiger partial charge in [0.05, 0.1) is 0 Å². The van der Waals surface area contributed by atoms with Gasteiger partial charge in [0.15, 0.2) is 0 Å². The van der Waals surface area contributed by atoms with Gasteiger partial charge in [0.1, 0.15) is 11.4 Å². The number of rotatable bonds is 2. The Morgan fingerprint density at radius 3 is 2.50 bits per heavy atom. The fraction of sp³-hybridized carbons (Fsp3) is 0.300. The molecule has 0 aromatic heterocycles. The molecule has 1 aromatic rings. The highest BCUT2D eigenvalue weighted by molar-refractivity contribution is 5.84. The summed E-state index contributed by atoms with van der Waals surface area (Å²) in [7, 11) is 0. The summed E-state index contributed by atoms with van der Waals surface area (Å²) in [6, 6.07) is 5.79. The lowest BCUT2D eigenvalue weighted by atomic mass is 10.1. The van der Waals surface area contributed by atoms with Crippen LogP contribution in [0.2, 0.25) is 0 Å². The molecule has 0 heterocycles. The Labute approximate surface area is 80.3 Å². The highest BCUT2D eigenvalue weighted by atomic mass is 19.1. The van der Waals surface area contributed by atoms with Crippen LogP contribution in [0.3, 0.4) is 0 Å². The van der Waals surface area contributed by atoms with Gasteiger partial charge in [0.2, 0.25) is 0 Å². The fourth-order valence-electron chi connectivity index (χ4n) is 1.63. The second-order valence-corrected chi connectivity index (χ2v) is 3.65. The largest absolute Gasteiger partial charge is 0.480 e. The monoisotopic (exact) mass is 195 g/mol. The van der Waals surface area contributed by atoms with Crippen molar-refractivity contribution in [2.45, 2.75) is 17.9 Å². The summed E-state index contributed by atoms with van der Waals surface area (Å²) in [5, 5.41) is 8.80. The number of nitrogens with two attached hydrogens (primary N) is 1. The van der Waals surface area contributed by atoms with Gasteiger partial charge in [-0.2, -0.15) is 0 Å². The Hall–Kier alpha value is -1.42. The van der Waals surface area contributed by atoms with Crippen molar-refractivity contribution in [3.63, 3.8) is 0 Å². The van der Waals surface area contributed by atoms with Gasteiger partial charge in [-0.05, 0) is 24.1 Å². The van der Waals surface area contributed by atoms with Crippen molar-refractivity contribution in [1.29, 1.82) is 0 Å². The van der Waals surface area contributed by atoms with Crippen LogP contribution in [-0.4, -0.2) is 16.6 Å². The number of hydrogen-bond donors (Lipinski definition) is 2. The molecule has 1 aliphatic carbocycles. The first-order valence-corrected chi connectivity index (χ1v) is 4.32. The van der Waals surface area contributed by atoms with E-state index < -0.39 is 11.5 Å². The molecule has 0 saturated heterocycles. The van der Waals surface area contributed by atoms with Gasteiger partial charge in [0.25, 0.3) is 0 Å². The zero-order chi connectivity index (χ0) is 10.3. The van der Waals surface area contributed by atoms with Crippen molar-refractivity contribution in [2.75, 3.05) is 0 Å². The van der Waals surface area contributed by atoms with E-state index in [1.807, 2.05) is 0 Å². The maximum atomic E-state index is 12.6. The van der Waals surface area contributed by atoms with Crippen molar-refractivity contribution >= 4 is 5.97 Å². The van der Waals surface area contributed by atoms with Gasteiger partial charge in [-0.3, -0.25) is 4.79 Å². The standard InChI is InChI=1S/C10H10FNO2/c11-7-3-1-6(2-4-7)8-5-10(8,12)9(13)14/h1-4,8H,5,12H2,(H,13,14)/t8-,10-/m0/s1. The number of hydrogen-bond acceptors (Lipinski definition) is 2. The lowest BCUT2D eigenvalue weighted by molar-refractivity contribution is -0.139. The first-order chi connectivity index (χ1) is 6.54. The van der Waals surface area contributed by atoms with E-state index in [1.54, 1.807) is 12.1 Å². The summed E-state index contributed by atoms with van der Waals surface area (Å²) in [6.45, 7) is 0. The van der Waals surface area contributed by atoms with E-state index in [0.29, 0.717) is 6.42 Å². The third-order valence-corrected chi connectivity index (χ3v) is 2.67. The van der Waals surface area contributed by atoms with Gasteiger partial charge in [-0.25, -0.2) is 4.39 Å². The number of aliphatic carboxylic acids is 1. The highest BCUT2D eigenvalue weighted by Gasteiger charge is 2.58. The molecule has 0 unspecified atom stereocenters. The number of carboxylic acids is 1. The Morgan fingerprint density at radius 1 is 1.50 bits per heavy atom. The Bertz CT molecular complexity index is 376. The Kier molecular flexibility index (Phi) is 1.82. The second-order valence-electron chi connectivity index (χ2n) is 3.65. The average Bonchev–Trinajstić information content (AvgIpc) is 2.81. The van der Waals surface area contributed by atoms with Gasteiger partial charge >= 0.3 is 5.97 Å². The lowest BCUT2D eigenvalue weighted by Gasteiger charge is -2.04. The molecule has 14 heavy (non-hydrogen) atoms. The molecule has 2 atom stereocenters. The molecule has 1 aliphatic rings. The minimum Gasteiger partial charge on any atom is -0.480 e. The van der Waals surface area contributed by atoms with Gasteiger partial charge < -0.3 is 10.8 Å². The fourth-order valence-corrected chi connectivity index (χ4v) is 1.63.